The number of rotatable bonds is 3. The van der Waals surface area contributed by atoms with Crippen LogP contribution < -0.4 is 0 Å². The van der Waals surface area contributed by atoms with Gasteiger partial charge in [0.15, 0.2) is 0 Å². The molecule has 3 rings (SSSR count). The van der Waals surface area contributed by atoms with Crippen molar-refractivity contribution in [1.29, 1.82) is 0 Å². The van der Waals surface area contributed by atoms with E-state index in [1.165, 1.54) is 29.3 Å². The summed E-state index contributed by atoms with van der Waals surface area (Å²) in [4.78, 5) is 0. The van der Waals surface area contributed by atoms with Gasteiger partial charge in [0.1, 0.15) is 0 Å². The number of fused-ring (bicyclic) bond motifs is 1. The minimum Gasteiger partial charge on any atom is -0.450 e. The first kappa shape index (κ1) is 22.7. The van der Waals surface area contributed by atoms with Gasteiger partial charge in [-0.05, 0) is 16.5 Å². The molecule has 1 aromatic heterocycles. The van der Waals surface area contributed by atoms with Gasteiger partial charge in [-0.1, -0.05) is 75.4 Å². The zero-order valence-corrected chi connectivity index (χ0v) is 17.1. The molecular weight excluding hydrogens is 473 g/mol. The summed E-state index contributed by atoms with van der Waals surface area (Å²) in [6.07, 6.45) is 9.73. The van der Waals surface area contributed by atoms with Gasteiger partial charge in [0, 0.05) is 21.1 Å². The second kappa shape index (κ2) is 14.0. The molecule has 3 aromatic rings. The number of nitrogens with zero attached hydrogens (tertiary/aromatic N) is 1. The molecule has 2 aromatic carbocycles. The van der Waals surface area contributed by atoms with Crippen molar-refractivity contribution in [2.24, 2.45) is 0 Å². The van der Waals surface area contributed by atoms with E-state index in [1.807, 2.05) is 22.9 Å². The molecule has 0 atom stereocenters. The Morgan fingerprint density at radius 3 is 2.00 bits per heavy atom. The van der Waals surface area contributed by atoms with E-state index < -0.39 is 0 Å². The summed E-state index contributed by atoms with van der Waals surface area (Å²) >= 11 is 0. The Balaban J connectivity index is 0.000000503. The zero-order chi connectivity index (χ0) is 16.9. The predicted octanol–water partition coefficient (Wildman–Crippen LogP) is 6.67. The van der Waals surface area contributed by atoms with E-state index in [-0.39, 0.29) is 21.1 Å². The molecule has 1 nitrogen and oxygen atoms in total. The van der Waals surface area contributed by atoms with E-state index >= 15 is 0 Å². The standard InChI is InChI=1S/C14H10N.2C4H9.Pt/c1-2-8-13-12(6-1)7-5-9-14(13)15-10-3-4-11-15;2*1-3-4-2;/h1-10H;2*1,3-4H2,2H3;/q3*-1;. The van der Waals surface area contributed by atoms with Gasteiger partial charge < -0.3 is 18.4 Å². The fraction of sp³-hybridized carbons (Fsp3) is 0.273. The van der Waals surface area contributed by atoms with Crippen LogP contribution >= 0.6 is 0 Å². The molecule has 134 valence electrons. The molecule has 0 aliphatic heterocycles. The van der Waals surface area contributed by atoms with Crippen LogP contribution in [0.25, 0.3) is 16.5 Å². The van der Waals surface area contributed by atoms with Crippen LogP contribution in [0.4, 0.5) is 0 Å². The molecule has 0 aliphatic carbocycles. The molecule has 24 heavy (non-hydrogen) atoms. The SMILES string of the molecule is [CH2-]CCC.[CH2-]CCC.[Pt].[c-]1cccn1-c1cccc2ccccc12. The Hall–Kier alpha value is -1.33. The van der Waals surface area contributed by atoms with Crippen molar-refractivity contribution in [3.05, 3.63) is 80.8 Å². The third-order valence-electron chi connectivity index (χ3n) is 3.28. The van der Waals surface area contributed by atoms with E-state index in [0.29, 0.717) is 0 Å². The van der Waals surface area contributed by atoms with Crippen LogP contribution in [0, 0.1) is 20.0 Å². The van der Waals surface area contributed by atoms with E-state index in [2.05, 4.69) is 76.4 Å². The first-order valence-electron chi connectivity index (χ1n) is 8.40. The number of unbranched alkanes of at least 4 members (excludes halogenated alkanes) is 2. The number of hydrogen-bond donors (Lipinski definition) is 0. The van der Waals surface area contributed by atoms with Crippen LogP contribution in [0.5, 0.6) is 0 Å². The third-order valence-corrected chi connectivity index (χ3v) is 3.28. The quantitative estimate of drug-likeness (QED) is 0.354. The number of hydrogen-bond acceptors (Lipinski definition) is 0. The molecule has 0 fully saturated rings. The fourth-order valence-corrected chi connectivity index (χ4v) is 1.86. The average molecular weight is 502 g/mol. The second-order valence-electron chi connectivity index (χ2n) is 5.21. The first-order valence-corrected chi connectivity index (χ1v) is 8.40. The van der Waals surface area contributed by atoms with Crippen LogP contribution in [-0.2, 0) is 21.1 Å². The van der Waals surface area contributed by atoms with Crippen molar-refractivity contribution in [2.75, 3.05) is 0 Å². The third kappa shape index (κ3) is 7.49. The molecule has 0 saturated carbocycles. The maximum absolute atomic E-state index is 3.60. The average Bonchev–Trinajstić information content (AvgIpc) is 3.16. The fourth-order valence-electron chi connectivity index (χ4n) is 1.86. The van der Waals surface area contributed by atoms with Crippen LogP contribution in [0.1, 0.15) is 39.5 Å². The second-order valence-corrected chi connectivity index (χ2v) is 5.21. The smallest absolute Gasteiger partial charge is 0 e. The van der Waals surface area contributed by atoms with Gasteiger partial charge >= 0.3 is 0 Å². The van der Waals surface area contributed by atoms with Crippen molar-refractivity contribution in [1.82, 2.24) is 4.57 Å². The van der Waals surface area contributed by atoms with Crippen LogP contribution in [-0.4, -0.2) is 4.57 Å². The summed E-state index contributed by atoms with van der Waals surface area (Å²) < 4.78 is 2.02. The molecule has 0 unspecified atom stereocenters. The van der Waals surface area contributed by atoms with Crippen LogP contribution in [0.15, 0.2) is 60.8 Å². The molecule has 0 aliphatic rings. The molecule has 0 spiro atoms. The van der Waals surface area contributed by atoms with Crippen molar-refractivity contribution in [3.63, 3.8) is 0 Å². The molecule has 0 bridgehead atoms. The molecular formula is C22H28NPt-3. The monoisotopic (exact) mass is 501 g/mol. The Kier molecular flexibility index (Phi) is 13.3. The van der Waals surface area contributed by atoms with Crippen molar-refractivity contribution >= 4 is 10.8 Å². The van der Waals surface area contributed by atoms with E-state index in [0.717, 1.165) is 12.8 Å². The molecule has 0 saturated heterocycles. The minimum absolute atomic E-state index is 0. The largest absolute Gasteiger partial charge is 0.450 e. The van der Waals surface area contributed by atoms with Gasteiger partial charge in [-0.25, -0.2) is 0 Å². The summed E-state index contributed by atoms with van der Waals surface area (Å²) in [5.41, 5.74) is 1.18. The zero-order valence-electron chi connectivity index (χ0n) is 14.8. The Labute approximate surface area is 162 Å². The molecule has 2 heteroatoms. The summed E-state index contributed by atoms with van der Waals surface area (Å²) in [5, 5.41) is 2.52. The molecule has 0 radical (unpaired) electrons. The Morgan fingerprint density at radius 1 is 0.875 bits per heavy atom. The van der Waals surface area contributed by atoms with Gasteiger partial charge in [0.2, 0.25) is 0 Å². The van der Waals surface area contributed by atoms with Crippen molar-refractivity contribution in [2.45, 2.75) is 39.5 Å². The summed E-state index contributed by atoms with van der Waals surface area (Å²) in [6, 6.07) is 18.6. The van der Waals surface area contributed by atoms with Gasteiger partial charge in [0.05, 0.1) is 0 Å². The Bertz CT molecular complexity index is 631. The normalized spacial score (nSPS) is 9.17. The first-order chi connectivity index (χ1) is 11.3. The topological polar surface area (TPSA) is 4.93 Å². The van der Waals surface area contributed by atoms with Gasteiger partial charge in [-0.3, -0.25) is 0 Å². The summed E-state index contributed by atoms with van der Waals surface area (Å²) in [6.45, 7) is 11.4. The van der Waals surface area contributed by atoms with Crippen LogP contribution in [0.3, 0.4) is 0 Å². The molecule has 1 heterocycles. The van der Waals surface area contributed by atoms with Crippen LogP contribution in [0.2, 0.25) is 0 Å². The van der Waals surface area contributed by atoms with Gasteiger partial charge in [-0.15, -0.1) is 12.3 Å². The maximum atomic E-state index is 3.60. The van der Waals surface area contributed by atoms with Gasteiger partial charge in [-0.2, -0.15) is 18.9 Å². The molecule has 0 amide bonds. The van der Waals surface area contributed by atoms with E-state index in [4.69, 9.17) is 0 Å². The maximum Gasteiger partial charge on any atom is 0 e. The summed E-state index contributed by atoms with van der Waals surface area (Å²) in [5.74, 6) is 0. The van der Waals surface area contributed by atoms with Gasteiger partial charge in [0.25, 0.3) is 0 Å². The molecule has 0 N–H and O–H groups in total. The summed E-state index contributed by atoms with van der Waals surface area (Å²) in [7, 11) is 0. The van der Waals surface area contributed by atoms with E-state index in [9.17, 15) is 0 Å². The van der Waals surface area contributed by atoms with Crippen molar-refractivity contribution in [3.8, 4) is 5.69 Å². The minimum atomic E-state index is 0. The predicted molar refractivity (Wildman–Crippen MR) is 103 cm³/mol. The van der Waals surface area contributed by atoms with E-state index in [1.54, 1.807) is 0 Å². The Morgan fingerprint density at radius 2 is 1.46 bits per heavy atom. The van der Waals surface area contributed by atoms with Crippen molar-refractivity contribution < 1.29 is 21.1 Å². The number of benzene rings is 2. The number of aromatic nitrogens is 1.